The summed E-state index contributed by atoms with van der Waals surface area (Å²) in [7, 11) is 0. The van der Waals surface area contributed by atoms with Crippen LogP contribution in [-0.4, -0.2) is 87.3 Å². The fraction of sp³-hybridized carbons (Fsp3) is 0.522. The number of aliphatic hydroxyl groups is 1. The van der Waals surface area contributed by atoms with E-state index in [1.165, 1.54) is 12.1 Å². The molecule has 180 valence electrons. The van der Waals surface area contributed by atoms with Crippen LogP contribution in [0.4, 0.5) is 20.5 Å². The SMILES string of the molecule is OC1CC(Nc2nc(N3CC(N4CCOCC4)C3)c3cnn(-c4cccc(C(F)F)c4)c3n2)C1. The lowest BCUT2D eigenvalue weighted by molar-refractivity contribution is 0.0105. The molecule has 1 saturated carbocycles. The van der Waals surface area contributed by atoms with Gasteiger partial charge in [0.2, 0.25) is 5.95 Å². The second kappa shape index (κ2) is 8.71. The van der Waals surface area contributed by atoms with Gasteiger partial charge in [-0.05, 0) is 25.0 Å². The number of anilines is 2. The standard InChI is InChI=1S/C23H27F2N7O2/c24-20(25)14-2-1-3-16(8-14)32-22-19(11-26-32)21(28-23(29-22)27-15-9-18(33)10-15)31-12-17(13-31)30-4-6-34-7-5-30/h1-3,8,11,15,17-18,20,33H,4-7,9-10,12-13H2,(H,27,28,29). The van der Waals surface area contributed by atoms with Gasteiger partial charge in [0.05, 0.1) is 36.6 Å². The number of hydrogen-bond donors (Lipinski definition) is 2. The molecular weight excluding hydrogens is 444 g/mol. The van der Waals surface area contributed by atoms with Crippen molar-refractivity contribution in [3.8, 4) is 5.69 Å². The molecule has 2 aliphatic heterocycles. The maximum atomic E-state index is 13.3. The number of nitrogens with one attached hydrogen (secondary N) is 1. The molecule has 34 heavy (non-hydrogen) atoms. The van der Waals surface area contributed by atoms with Crippen molar-refractivity contribution in [2.75, 3.05) is 49.6 Å². The highest BCUT2D eigenvalue weighted by Gasteiger charge is 2.35. The van der Waals surface area contributed by atoms with Crippen LogP contribution in [0.5, 0.6) is 0 Å². The van der Waals surface area contributed by atoms with E-state index in [1.807, 2.05) is 0 Å². The van der Waals surface area contributed by atoms with Gasteiger partial charge >= 0.3 is 0 Å². The summed E-state index contributed by atoms with van der Waals surface area (Å²) in [4.78, 5) is 14.2. The normalized spacial score (nSPS) is 23.8. The highest BCUT2D eigenvalue weighted by atomic mass is 19.3. The number of hydrogen-bond acceptors (Lipinski definition) is 8. The Morgan fingerprint density at radius 1 is 1.12 bits per heavy atom. The van der Waals surface area contributed by atoms with Crippen LogP contribution >= 0.6 is 0 Å². The van der Waals surface area contributed by atoms with Gasteiger partial charge in [0.25, 0.3) is 6.43 Å². The van der Waals surface area contributed by atoms with Crippen LogP contribution < -0.4 is 10.2 Å². The minimum absolute atomic E-state index is 0.0617. The highest BCUT2D eigenvalue weighted by molar-refractivity contribution is 5.89. The summed E-state index contributed by atoms with van der Waals surface area (Å²) >= 11 is 0. The molecule has 0 spiro atoms. The van der Waals surface area contributed by atoms with E-state index in [0.29, 0.717) is 36.2 Å². The number of ether oxygens (including phenoxy) is 1. The zero-order valence-electron chi connectivity index (χ0n) is 18.6. The van der Waals surface area contributed by atoms with Crippen molar-refractivity contribution in [2.45, 2.75) is 37.5 Å². The maximum absolute atomic E-state index is 13.3. The molecule has 11 heteroatoms. The van der Waals surface area contributed by atoms with Gasteiger partial charge in [-0.15, -0.1) is 0 Å². The number of alkyl halides is 2. The zero-order chi connectivity index (χ0) is 23.2. The molecule has 0 amide bonds. The van der Waals surface area contributed by atoms with Crippen molar-refractivity contribution < 1.29 is 18.6 Å². The predicted octanol–water partition coefficient (Wildman–Crippen LogP) is 2.21. The molecule has 2 saturated heterocycles. The monoisotopic (exact) mass is 471 g/mol. The number of fused-ring (bicyclic) bond motifs is 1. The number of nitrogens with zero attached hydrogens (tertiary/aromatic N) is 6. The van der Waals surface area contributed by atoms with Crippen molar-refractivity contribution in [2.24, 2.45) is 0 Å². The number of halogens is 2. The van der Waals surface area contributed by atoms with E-state index in [-0.39, 0.29) is 17.7 Å². The van der Waals surface area contributed by atoms with Gasteiger partial charge in [0.15, 0.2) is 5.65 Å². The first-order chi connectivity index (χ1) is 16.5. The summed E-state index contributed by atoms with van der Waals surface area (Å²) in [5, 5.41) is 18.3. The molecule has 4 heterocycles. The zero-order valence-corrected chi connectivity index (χ0v) is 18.6. The topological polar surface area (TPSA) is 91.6 Å². The van der Waals surface area contributed by atoms with Gasteiger partial charge in [-0.1, -0.05) is 12.1 Å². The average molecular weight is 472 g/mol. The van der Waals surface area contributed by atoms with E-state index in [2.05, 4.69) is 20.2 Å². The van der Waals surface area contributed by atoms with E-state index in [9.17, 15) is 13.9 Å². The van der Waals surface area contributed by atoms with Crippen LogP contribution in [0.2, 0.25) is 0 Å². The fourth-order valence-corrected chi connectivity index (χ4v) is 4.87. The first kappa shape index (κ1) is 21.6. The smallest absolute Gasteiger partial charge is 0.263 e. The van der Waals surface area contributed by atoms with Crippen molar-refractivity contribution in [3.05, 3.63) is 36.0 Å². The van der Waals surface area contributed by atoms with Crippen LogP contribution in [-0.2, 0) is 4.74 Å². The third-order valence-electron chi connectivity index (χ3n) is 6.95. The van der Waals surface area contributed by atoms with E-state index in [4.69, 9.17) is 14.7 Å². The predicted molar refractivity (Wildman–Crippen MR) is 123 cm³/mol. The molecule has 2 N–H and O–H groups in total. The van der Waals surface area contributed by atoms with E-state index in [1.54, 1.807) is 23.0 Å². The summed E-state index contributed by atoms with van der Waals surface area (Å²) < 4.78 is 33.7. The first-order valence-electron chi connectivity index (χ1n) is 11.7. The van der Waals surface area contributed by atoms with Crippen molar-refractivity contribution in [3.63, 3.8) is 0 Å². The van der Waals surface area contributed by atoms with Gasteiger partial charge in [-0.2, -0.15) is 15.1 Å². The number of aromatic nitrogens is 4. The summed E-state index contributed by atoms with van der Waals surface area (Å²) in [5.74, 6) is 1.24. The molecule has 9 nitrogen and oxygen atoms in total. The van der Waals surface area contributed by atoms with E-state index >= 15 is 0 Å². The van der Waals surface area contributed by atoms with Gasteiger partial charge in [-0.25, -0.2) is 13.5 Å². The molecule has 3 aromatic rings. The molecular formula is C23H27F2N7O2. The Bertz CT molecular complexity index is 1170. The third kappa shape index (κ3) is 3.97. The molecule has 1 aliphatic carbocycles. The summed E-state index contributed by atoms with van der Waals surface area (Å²) in [5.41, 5.74) is 1.03. The van der Waals surface area contributed by atoms with Crippen LogP contribution in [0.15, 0.2) is 30.5 Å². The Labute approximate surface area is 195 Å². The third-order valence-corrected chi connectivity index (χ3v) is 6.95. The minimum Gasteiger partial charge on any atom is -0.393 e. The molecule has 3 aliphatic rings. The Balaban J connectivity index is 1.34. The fourth-order valence-electron chi connectivity index (χ4n) is 4.87. The molecule has 0 atom stereocenters. The summed E-state index contributed by atoms with van der Waals surface area (Å²) in [6.07, 6.45) is 0.142. The number of morpholine rings is 1. The molecule has 1 aromatic carbocycles. The number of rotatable bonds is 6. The molecule has 0 radical (unpaired) electrons. The molecule has 0 unspecified atom stereocenters. The average Bonchev–Trinajstić information content (AvgIpc) is 3.22. The van der Waals surface area contributed by atoms with Gasteiger partial charge in [0.1, 0.15) is 5.82 Å². The molecule has 3 fully saturated rings. The van der Waals surface area contributed by atoms with Gasteiger partial charge < -0.3 is 20.1 Å². The minimum atomic E-state index is -2.56. The molecule has 0 bridgehead atoms. The Morgan fingerprint density at radius 2 is 1.91 bits per heavy atom. The lowest BCUT2D eigenvalue weighted by atomic mass is 9.90. The number of benzene rings is 1. The summed E-state index contributed by atoms with van der Waals surface area (Å²) in [6, 6.07) is 6.74. The second-order valence-corrected chi connectivity index (χ2v) is 9.23. The lowest BCUT2D eigenvalue weighted by Gasteiger charge is -2.47. The molecule has 6 rings (SSSR count). The Morgan fingerprint density at radius 3 is 2.65 bits per heavy atom. The second-order valence-electron chi connectivity index (χ2n) is 9.23. The number of aliphatic hydroxyl groups excluding tert-OH is 1. The van der Waals surface area contributed by atoms with E-state index in [0.717, 1.165) is 50.6 Å². The largest absolute Gasteiger partial charge is 0.393 e. The summed E-state index contributed by atoms with van der Waals surface area (Å²) in [6.45, 7) is 5.10. The van der Waals surface area contributed by atoms with Crippen LogP contribution in [0.25, 0.3) is 16.7 Å². The van der Waals surface area contributed by atoms with Crippen LogP contribution in [0.3, 0.4) is 0 Å². The van der Waals surface area contributed by atoms with Crippen molar-refractivity contribution in [1.82, 2.24) is 24.6 Å². The first-order valence-corrected chi connectivity index (χ1v) is 11.7. The highest BCUT2D eigenvalue weighted by Crippen LogP contribution is 2.33. The molecule has 2 aromatic heterocycles. The Kier molecular flexibility index (Phi) is 5.54. The van der Waals surface area contributed by atoms with Gasteiger partial charge in [-0.3, -0.25) is 4.90 Å². The van der Waals surface area contributed by atoms with E-state index < -0.39 is 6.43 Å². The quantitative estimate of drug-likeness (QED) is 0.566. The van der Waals surface area contributed by atoms with Crippen molar-refractivity contribution in [1.29, 1.82) is 0 Å². The maximum Gasteiger partial charge on any atom is 0.263 e. The van der Waals surface area contributed by atoms with Crippen LogP contribution in [0, 0.1) is 0 Å². The van der Waals surface area contributed by atoms with Crippen LogP contribution in [0.1, 0.15) is 24.8 Å². The lowest BCUT2D eigenvalue weighted by Crippen LogP contribution is -2.61. The Hall–Kier alpha value is -2.89. The van der Waals surface area contributed by atoms with Gasteiger partial charge in [0, 0.05) is 43.8 Å². The van der Waals surface area contributed by atoms with Crippen molar-refractivity contribution >= 4 is 22.8 Å².